The smallest absolute Gasteiger partial charge is 0.470 e. The fourth-order valence-electron chi connectivity index (χ4n) is 4.23. The number of halogens is 6. The molecule has 4 aromatic carbocycles. The van der Waals surface area contributed by atoms with Crippen LogP contribution >= 0.6 is 0 Å². The second kappa shape index (κ2) is 14.2. The van der Waals surface area contributed by atoms with Crippen LogP contribution in [0.3, 0.4) is 0 Å². The van der Waals surface area contributed by atoms with Crippen molar-refractivity contribution in [1.29, 1.82) is 0 Å². The van der Waals surface area contributed by atoms with E-state index in [9.17, 15) is 25.9 Å². The zero-order valence-corrected chi connectivity index (χ0v) is 27.5. The standard InChI is InChI=1S/C24H20B2F6O4.2K/c1-33-13-35-23-19(25(27,28)29)11-15-7-3-5-9-17(15)21(23)22-18-10-6-4-8-16(18)12-20(26(30,31)32)24(22)36-14-34-2;;/h3-12H,13-14H2,1-2H3;;/q-2;2*+1. The summed E-state index contributed by atoms with van der Waals surface area (Å²) in [4.78, 5) is 0. The van der Waals surface area contributed by atoms with E-state index in [0.717, 1.165) is 12.1 Å². The van der Waals surface area contributed by atoms with Crippen molar-refractivity contribution in [2.75, 3.05) is 27.8 Å². The second-order valence-electron chi connectivity index (χ2n) is 8.03. The molecule has 0 N–H and O–H groups in total. The van der Waals surface area contributed by atoms with E-state index in [4.69, 9.17) is 18.9 Å². The van der Waals surface area contributed by atoms with E-state index in [1.54, 1.807) is 24.3 Å². The molecule has 14 heteroatoms. The topological polar surface area (TPSA) is 36.9 Å². The fourth-order valence-corrected chi connectivity index (χ4v) is 4.23. The Morgan fingerprint density at radius 3 is 1.24 bits per heavy atom. The van der Waals surface area contributed by atoms with Crippen molar-refractivity contribution in [3.63, 3.8) is 0 Å². The van der Waals surface area contributed by atoms with E-state index < -0.39 is 50.0 Å². The van der Waals surface area contributed by atoms with Gasteiger partial charge in [-0.3, -0.25) is 0 Å². The molecule has 0 spiro atoms. The first-order valence-electron chi connectivity index (χ1n) is 10.8. The number of rotatable bonds is 9. The molecule has 38 heavy (non-hydrogen) atoms. The summed E-state index contributed by atoms with van der Waals surface area (Å²) in [6, 6.07) is 14.1. The second-order valence-corrected chi connectivity index (χ2v) is 8.03. The minimum absolute atomic E-state index is 0. The molecule has 0 atom stereocenters. The summed E-state index contributed by atoms with van der Waals surface area (Å²) in [6.45, 7) is -12.4. The first kappa shape index (κ1) is 34.1. The monoisotopic (exact) mass is 586 g/mol. The van der Waals surface area contributed by atoms with Gasteiger partial charge in [-0.15, -0.1) is 0 Å². The molecule has 0 radical (unpaired) electrons. The quantitative estimate of drug-likeness (QED) is 0.154. The molecule has 4 nitrogen and oxygen atoms in total. The molecule has 0 aromatic heterocycles. The zero-order valence-electron chi connectivity index (χ0n) is 21.2. The third-order valence-electron chi connectivity index (χ3n) is 5.66. The van der Waals surface area contributed by atoms with Gasteiger partial charge in [-0.05, 0) is 21.5 Å². The molecule has 0 fully saturated rings. The molecule has 4 aromatic rings. The van der Waals surface area contributed by atoms with Crippen LogP contribution in [0.1, 0.15) is 0 Å². The Bertz CT molecular complexity index is 1310. The number of hydrogen-bond donors (Lipinski definition) is 0. The third-order valence-corrected chi connectivity index (χ3v) is 5.66. The molecule has 0 saturated heterocycles. The minimum atomic E-state index is -5.62. The van der Waals surface area contributed by atoms with Gasteiger partial charge < -0.3 is 44.8 Å². The maximum Gasteiger partial charge on any atom is 1.00 e. The molecule has 0 unspecified atom stereocenters. The van der Waals surface area contributed by atoms with Crippen LogP contribution < -0.4 is 123 Å². The van der Waals surface area contributed by atoms with Crippen LogP contribution in [0.5, 0.6) is 11.5 Å². The first-order chi connectivity index (χ1) is 17.1. The molecule has 190 valence electrons. The van der Waals surface area contributed by atoms with Gasteiger partial charge in [0.15, 0.2) is 13.6 Å². The number of ether oxygens (including phenoxy) is 4. The van der Waals surface area contributed by atoms with Crippen LogP contribution in [0.2, 0.25) is 0 Å². The largest absolute Gasteiger partial charge is 1.00 e. The number of benzene rings is 4. The molecule has 4 rings (SSSR count). The molecular weight excluding hydrogens is 566 g/mol. The van der Waals surface area contributed by atoms with E-state index in [1.165, 1.54) is 38.5 Å². The van der Waals surface area contributed by atoms with Gasteiger partial charge in [-0.1, -0.05) is 71.6 Å². The molecular formula is C24H20B2F6K2O4. The van der Waals surface area contributed by atoms with Gasteiger partial charge in [-0.25, -0.2) is 0 Å². The molecule has 0 bridgehead atoms. The summed E-state index contributed by atoms with van der Waals surface area (Å²) in [6.07, 6.45) is 0. The Labute approximate surface area is 300 Å². The van der Waals surface area contributed by atoms with Gasteiger partial charge in [0, 0.05) is 25.3 Å². The molecule has 0 aliphatic carbocycles. The predicted octanol–water partition coefficient (Wildman–Crippen LogP) is -0.258. The molecule has 0 aliphatic heterocycles. The summed E-state index contributed by atoms with van der Waals surface area (Å²) in [5, 5.41) is 0.866. The minimum Gasteiger partial charge on any atom is -0.470 e. The van der Waals surface area contributed by atoms with Crippen molar-refractivity contribution in [3.05, 3.63) is 60.7 Å². The average molecular weight is 586 g/mol. The van der Waals surface area contributed by atoms with Gasteiger partial charge in [0.05, 0.1) is 0 Å². The van der Waals surface area contributed by atoms with E-state index in [-0.39, 0.29) is 135 Å². The van der Waals surface area contributed by atoms with Crippen molar-refractivity contribution < 1.29 is 148 Å². The van der Waals surface area contributed by atoms with Gasteiger partial charge in [0.1, 0.15) is 11.5 Å². The van der Waals surface area contributed by atoms with Crippen molar-refractivity contribution in [2.45, 2.75) is 0 Å². The van der Waals surface area contributed by atoms with Crippen molar-refractivity contribution >= 4 is 46.4 Å². The Morgan fingerprint density at radius 1 is 0.579 bits per heavy atom. The van der Waals surface area contributed by atoms with Crippen molar-refractivity contribution in [2.24, 2.45) is 0 Å². The zero-order chi connectivity index (χ0) is 26.1. The van der Waals surface area contributed by atoms with E-state index in [0.29, 0.717) is 0 Å². The van der Waals surface area contributed by atoms with Crippen LogP contribution in [0.4, 0.5) is 25.9 Å². The predicted molar refractivity (Wildman–Crippen MR) is 129 cm³/mol. The molecule has 0 aliphatic rings. The van der Waals surface area contributed by atoms with E-state index in [2.05, 4.69) is 0 Å². The molecule has 0 saturated carbocycles. The van der Waals surface area contributed by atoms with Crippen LogP contribution in [0.15, 0.2) is 60.7 Å². The maximum atomic E-state index is 14.3. The van der Waals surface area contributed by atoms with Crippen LogP contribution in [-0.2, 0) is 9.47 Å². The summed E-state index contributed by atoms with van der Waals surface area (Å²) in [5.74, 6) is -1.27. The van der Waals surface area contributed by atoms with Crippen LogP contribution in [-0.4, -0.2) is 41.8 Å². The van der Waals surface area contributed by atoms with Gasteiger partial charge in [0.2, 0.25) is 0 Å². The van der Waals surface area contributed by atoms with Gasteiger partial charge >= 0.3 is 117 Å². The Morgan fingerprint density at radius 2 is 0.921 bits per heavy atom. The normalized spacial score (nSPS) is 11.7. The SMILES string of the molecule is COCOc1c([B-](F)(F)F)cc2ccccc2c1-c1c(OCOC)c([B-](F)(F)F)cc2ccccc12.[K+].[K+]. The summed E-state index contributed by atoms with van der Waals surface area (Å²) in [7, 11) is 2.46. The Kier molecular flexibility index (Phi) is 12.7. The average Bonchev–Trinajstić information content (AvgIpc) is 2.83. The number of hydrogen-bond acceptors (Lipinski definition) is 4. The summed E-state index contributed by atoms with van der Waals surface area (Å²) < 4.78 is 106. The molecule has 0 amide bonds. The Hall–Kier alpha value is -0.0974. The number of methoxy groups -OCH3 is 2. The van der Waals surface area contributed by atoms with E-state index in [1.807, 2.05) is 0 Å². The van der Waals surface area contributed by atoms with Crippen LogP contribution in [0, 0.1) is 0 Å². The van der Waals surface area contributed by atoms with Crippen molar-refractivity contribution in [1.82, 2.24) is 0 Å². The van der Waals surface area contributed by atoms with E-state index >= 15 is 0 Å². The fraction of sp³-hybridized carbons (Fsp3) is 0.167. The summed E-state index contributed by atoms with van der Waals surface area (Å²) >= 11 is 0. The third kappa shape index (κ3) is 7.21. The maximum absolute atomic E-state index is 14.3. The Balaban J connectivity index is 0.00000253. The number of fused-ring (bicyclic) bond motifs is 2. The molecule has 0 heterocycles. The first-order valence-corrected chi connectivity index (χ1v) is 10.8. The van der Waals surface area contributed by atoms with Gasteiger partial charge in [-0.2, -0.15) is 0 Å². The van der Waals surface area contributed by atoms with Gasteiger partial charge in [0.25, 0.3) is 0 Å². The summed E-state index contributed by atoms with van der Waals surface area (Å²) in [5.41, 5.74) is -2.54. The van der Waals surface area contributed by atoms with Crippen molar-refractivity contribution in [3.8, 4) is 22.6 Å². The van der Waals surface area contributed by atoms with Crippen LogP contribution in [0.25, 0.3) is 32.7 Å².